The Hall–Kier alpha value is -2.45. The first kappa shape index (κ1) is 16.4. The summed E-state index contributed by atoms with van der Waals surface area (Å²) in [5.41, 5.74) is 0.747. The zero-order valence-electron chi connectivity index (χ0n) is 13.2. The molecule has 0 radical (unpaired) electrons. The molecular formula is C16H17NO6S. The van der Waals surface area contributed by atoms with E-state index in [1.165, 1.54) is 19.2 Å². The summed E-state index contributed by atoms with van der Waals surface area (Å²) in [6.07, 6.45) is 0. The van der Waals surface area contributed by atoms with Crippen LogP contribution < -0.4 is 23.7 Å². The first-order valence-electron chi connectivity index (χ1n) is 7.14. The molecule has 0 spiro atoms. The van der Waals surface area contributed by atoms with Crippen molar-refractivity contribution in [2.75, 3.05) is 21.0 Å². The second kappa shape index (κ2) is 6.58. The fourth-order valence-corrected chi connectivity index (χ4v) is 3.33. The number of rotatable bonds is 6. The summed E-state index contributed by atoms with van der Waals surface area (Å²) in [4.78, 5) is 0.118. The fourth-order valence-electron chi connectivity index (χ4n) is 2.30. The summed E-state index contributed by atoms with van der Waals surface area (Å²) in [5, 5.41) is 0. The highest BCUT2D eigenvalue weighted by atomic mass is 32.2. The van der Waals surface area contributed by atoms with Crippen LogP contribution in [0.2, 0.25) is 0 Å². The van der Waals surface area contributed by atoms with Crippen LogP contribution in [-0.4, -0.2) is 29.4 Å². The van der Waals surface area contributed by atoms with Gasteiger partial charge in [0.2, 0.25) is 16.8 Å². The Labute approximate surface area is 140 Å². The van der Waals surface area contributed by atoms with Crippen molar-refractivity contribution in [3.63, 3.8) is 0 Å². The molecule has 0 amide bonds. The Morgan fingerprint density at radius 1 is 1.00 bits per heavy atom. The highest BCUT2D eigenvalue weighted by Crippen LogP contribution is 2.34. The molecule has 3 rings (SSSR count). The minimum absolute atomic E-state index is 0.0951. The standard InChI is InChI=1S/C16H17NO6S/c1-20-13-5-3-11(7-15(13)21-2)9-17-24(18,19)12-4-6-14-16(8-12)23-10-22-14/h3-8,17H,9-10H2,1-2H3. The molecule has 8 heteroatoms. The summed E-state index contributed by atoms with van der Waals surface area (Å²) in [7, 11) is -0.605. The zero-order valence-corrected chi connectivity index (χ0v) is 14.1. The van der Waals surface area contributed by atoms with Gasteiger partial charge in [0.25, 0.3) is 0 Å². The lowest BCUT2D eigenvalue weighted by atomic mass is 10.2. The molecule has 24 heavy (non-hydrogen) atoms. The van der Waals surface area contributed by atoms with Crippen LogP contribution in [0.3, 0.4) is 0 Å². The normalized spacial score (nSPS) is 12.9. The second-order valence-electron chi connectivity index (χ2n) is 5.03. The van der Waals surface area contributed by atoms with E-state index >= 15 is 0 Å². The van der Waals surface area contributed by atoms with Crippen LogP contribution >= 0.6 is 0 Å². The molecule has 7 nitrogen and oxygen atoms in total. The molecule has 1 heterocycles. The molecular weight excluding hydrogens is 334 g/mol. The zero-order chi connectivity index (χ0) is 17.2. The van der Waals surface area contributed by atoms with Crippen LogP contribution in [0.15, 0.2) is 41.3 Å². The van der Waals surface area contributed by atoms with Crippen molar-refractivity contribution < 1.29 is 27.4 Å². The number of hydrogen-bond donors (Lipinski definition) is 1. The van der Waals surface area contributed by atoms with Gasteiger partial charge in [0.15, 0.2) is 23.0 Å². The molecule has 0 saturated heterocycles. The number of ether oxygens (including phenoxy) is 4. The van der Waals surface area contributed by atoms with Crippen LogP contribution in [0.4, 0.5) is 0 Å². The van der Waals surface area contributed by atoms with Crippen LogP contribution in [-0.2, 0) is 16.6 Å². The van der Waals surface area contributed by atoms with Gasteiger partial charge in [-0.2, -0.15) is 0 Å². The van der Waals surface area contributed by atoms with E-state index < -0.39 is 10.0 Å². The van der Waals surface area contributed by atoms with Crippen molar-refractivity contribution in [3.8, 4) is 23.0 Å². The highest BCUT2D eigenvalue weighted by molar-refractivity contribution is 7.89. The highest BCUT2D eigenvalue weighted by Gasteiger charge is 2.20. The number of hydrogen-bond acceptors (Lipinski definition) is 6. The first-order chi connectivity index (χ1) is 11.5. The Morgan fingerprint density at radius 2 is 1.75 bits per heavy atom. The molecule has 0 bridgehead atoms. The second-order valence-corrected chi connectivity index (χ2v) is 6.80. The van der Waals surface area contributed by atoms with Gasteiger partial charge in [-0.25, -0.2) is 13.1 Å². The monoisotopic (exact) mass is 351 g/mol. The van der Waals surface area contributed by atoms with Crippen molar-refractivity contribution in [2.45, 2.75) is 11.4 Å². The van der Waals surface area contributed by atoms with Gasteiger partial charge in [-0.05, 0) is 29.8 Å². The summed E-state index contributed by atoms with van der Waals surface area (Å²) in [6.45, 7) is 0.217. The number of benzene rings is 2. The lowest BCUT2D eigenvalue weighted by Gasteiger charge is -2.11. The average Bonchev–Trinajstić information content (AvgIpc) is 3.07. The topological polar surface area (TPSA) is 83.1 Å². The molecule has 1 aliphatic heterocycles. The number of methoxy groups -OCH3 is 2. The molecule has 0 aliphatic carbocycles. The molecule has 0 atom stereocenters. The summed E-state index contributed by atoms with van der Waals surface area (Å²) in [5.74, 6) is 2.08. The Bertz CT molecular complexity index is 850. The van der Waals surface area contributed by atoms with Gasteiger partial charge in [-0.1, -0.05) is 6.07 Å². The van der Waals surface area contributed by atoms with Gasteiger partial charge in [-0.15, -0.1) is 0 Å². The van der Waals surface area contributed by atoms with E-state index in [-0.39, 0.29) is 18.2 Å². The van der Waals surface area contributed by atoms with Crippen molar-refractivity contribution in [1.29, 1.82) is 0 Å². The third-order valence-corrected chi connectivity index (χ3v) is 4.97. The van der Waals surface area contributed by atoms with E-state index in [4.69, 9.17) is 18.9 Å². The minimum atomic E-state index is -3.67. The molecule has 0 aromatic heterocycles. The van der Waals surface area contributed by atoms with Crippen LogP contribution in [0.1, 0.15) is 5.56 Å². The Kier molecular flexibility index (Phi) is 4.50. The van der Waals surface area contributed by atoms with Gasteiger partial charge in [-0.3, -0.25) is 0 Å². The minimum Gasteiger partial charge on any atom is -0.493 e. The Balaban J connectivity index is 1.76. The van der Waals surface area contributed by atoms with E-state index in [0.717, 1.165) is 5.56 Å². The van der Waals surface area contributed by atoms with E-state index in [1.807, 2.05) is 0 Å². The maximum Gasteiger partial charge on any atom is 0.241 e. The quantitative estimate of drug-likeness (QED) is 0.856. The fraction of sp³-hybridized carbons (Fsp3) is 0.250. The first-order valence-corrected chi connectivity index (χ1v) is 8.62. The molecule has 0 saturated carbocycles. The number of fused-ring (bicyclic) bond motifs is 1. The van der Waals surface area contributed by atoms with Gasteiger partial charge >= 0.3 is 0 Å². The van der Waals surface area contributed by atoms with Crippen molar-refractivity contribution in [2.24, 2.45) is 0 Å². The average molecular weight is 351 g/mol. The van der Waals surface area contributed by atoms with Crippen LogP contribution in [0.5, 0.6) is 23.0 Å². The molecule has 0 unspecified atom stereocenters. The van der Waals surface area contributed by atoms with Gasteiger partial charge in [0.1, 0.15) is 0 Å². The van der Waals surface area contributed by atoms with E-state index in [2.05, 4.69) is 4.72 Å². The molecule has 2 aromatic rings. The molecule has 2 aromatic carbocycles. The van der Waals surface area contributed by atoms with Gasteiger partial charge in [0.05, 0.1) is 19.1 Å². The van der Waals surface area contributed by atoms with Crippen molar-refractivity contribution in [1.82, 2.24) is 4.72 Å². The molecule has 1 N–H and O–H groups in total. The lowest BCUT2D eigenvalue weighted by Crippen LogP contribution is -2.23. The summed E-state index contributed by atoms with van der Waals surface area (Å²) >= 11 is 0. The lowest BCUT2D eigenvalue weighted by molar-refractivity contribution is 0.174. The van der Waals surface area contributed by atoms with Crippen molar-refractivity contribution >= 4 is 10.0 Å². The third kappa shape index (κ3) is 3.24. The molecule has 1 aliphatic rings. The predicted octanol–water partition coefficient (Wildman–Crippen LogP) is 1.91. The Morgan fingerprint density at radius 3 is 2.50 bits per heavy atom. The smallest absolute Gasteiger partial charge is 0.241 e. The van der Waals surface area contributed by atoms with Crippen LogP contribution in [0, 0.1) is 0 Å². The maximum atomic E-state index is 12.4. The van der Waals surface area contributed by atoms with Crippen LogP contribution in [0.25, 0.3) is 0 Å². The third-order valence-electron chi connectivity index (χ3n) is 3.57. The van der Waals surface area contributed by atoms with E-state index in [9.17, 15) is 8.42 Å². The molecule has 128 valence electrons. The SMILES string of the molecule is COc1ccc(CNS(=O)(=O)c2ccc3c(c2)OCO3)cc1OC. The number of nitrogens with one attached hydrogen (secondary N) is 1. The van der Waals surface area contributed by atoms with Crippen molar-refractivity contribution in [3.05, 3.63) is 42.0 Å². The van der Waals surface area contributed by atoms with Gasteiger partial charge < -0.3 is 18.9 Å². The maximum absolute atomic E-state index is 12.4. The van der Waals surface area contributed by atoms with E-state index in [0.29, 0.717) is 23.0 Å². The largest absolute Gasteiger partial charge is 0.493 e. The summed E-state index contributed by atoms with van der Waals surface area (Å²) in [6, 6.07) is 9.71. The predicted molar refractivity (Wildman–Crippen MR) is 86.1 cm³/mol. The number of sulfonamides is 1. The van der Waals surface area contributed by atoms with Gasteiger partial charge in [0, 0.05) is 12.6 Å². The molecule has 0 fully saturated rings. The van der Waals surface area contributed by atoms with E-state index in [1.54, 1.807) is 31.4 Å². The summed E-state index contributed by atoms with van der Waals surface area (Å²) < 4.78 is 48.1.